The van der Waals surface area contributed by atoms with Crippen molar-refractivity contribution in [1.82, 2.24) is 4.98 Å². The van der Waals surface area contributed by atoms with Crippen molar-refractivity contribution >= 4 is 19.5 Å². The van der Waals surface area contributed by atoms with Crippen molar-refractivity contribution in [2.75, 3.05) is 13.0 Å². The Balaban J connectivity index is 1.49. The maximum atomic E-state index is 15.3. The van der Waals surface area contributed by atoms with Crippen molar-refractivity contribution in [1.29, 1.82) is 0 Å². The quantitative estimate of drug-likeness (QED) is 0.320. The second-order valence-electron chi connectivity index (χ2n) is 9.45. The van der Waals surface area contributed by atoms with E-state index in [4.69, 9.17) is 25.4 Å². The maximum absolute atomic E-state index is 15.3. The van der Waals surface area contributed by atoms with Crippen molar-refractivity contribution in [3.05, 3.63) is 86.9 Å². The van der Waals surface area contributed by atoms with Crippen molar-refractivity contribution in [2.24, 2.45) is 0 Å². The molecule has 1 aromatic heterocycles. The summed E-state index contributed by atoms with van der Waals surface area (Å²) in [5.41, 5.74) is 4.29. The van der Waals surface area contributed by atoms with E-state index in [1.807, 2.05) is 32.9 Å². The van der Waals surface area contributed by atoms with Crippen molar-refractivity contribution in [2.45, 2.75) is 52.6 Å². The number of halogens is 2. The standard InChI is InChI=1S/C27H32ClFNO5P/c1-16(2)27-23(31)9-8-21(30-27)14-22-17(3)12-25(26(29)18(22)4)33-15-36(32)34-11-10-24(35-36)19-6-5-7-20(28)13-19/h5-9,12-13,16,24,31-32,36H,10-11,14-15H2,1-4H3. The third-order valence-corrected chi connectivity index (χ3v) is 8.40. The summed E-state index contributed by atoms with van der Waals surface area (Å²) >= 11 is 6.10. The van der Waals surface area contributed by atoms with E-state index in [1.54, 1.807) is 37.3 Å². The summed E-state index contributed by atoms with van der Waals surface area (Å²) in [6, 6.07) is 12.3. The first-order chi connectivity index (χ1) is 17.1. The predicted octanol–water partition coefficient (Wildman–Crippen LogP) is 6.91. The fourth-order valence-corrected chi connectivity index (χ4v) is 6.27. The number of aromatic hydroxyl groups is 1. The number of benzene rings is 2. The summed E-state index contributed by atoms with van der Waals surface area (Å²) in [6.45, 7) is 7.81. The van der Waals surface area contributed by atoms with Crippen LogP contribution in [0.15, 0.2) is 42.5 Å². The SMILES string of the molecule is Cc1cc(OC[PH]2(O)OCCC(c3cccc(Cl)c3)O2)c(F)c(C)c1Cc1ccc(O)c(C(C)C)n1. The minimum absolute atomic E-state index is 0.0355. The normalized spacial score (nSPS) is 18.3. The van der Waals surface area contributed by atoms with Gasteiger partial charge in [0.2, 0.25) is 0 Å². The molecule has 1 unspecified atom stereocenters. The molecule has 1 atom stereocenters. The van der Waals surface area contributed by atoms with Gasteiger partial charge in [0.1, 0.15) is 0 Å². The van der Waals surface area contributed by atoms with E-state index in [1.165, 1.54) is 0 Å². The molecule has 1 fully saturated rings. The van der Waals surface area contributed by atoms with Gasteiger partial charge in [0.25, 0.3) is 0 Å². The minimum atomic E-state index is -3.70. The molecule has 2 N–H and O–H groups in total. The molecular weight excluding hydrogens is 504 g/mol. The van der Waals surface area contributed by atoms with Gasteiger partial charge in [0.05, 0.1) is 0 Å². The van der Waals surface area contributed by atoms with Crippen LogP contribution in [-0.4, -0.2) is 27.9 Å². The van der Waals surface area contributed by atoms with Crippen LogP contribution in [-0.2, 0) is 15.5 Å². The number of ether oxygens (including phenoxy) is 1. The fraction of sp³-hybridized carbons (Fsp3) is 0.370. The van der Waals surface area contributed by atoms with Crippen LogP contribution in [0, 0.1) is 19.7 Å². The Morgan fingerprint density at radius 1 is 1.22 bits per heavy atom. The zero-order valence-electron chi connectivity index (χ0n) is 20.8. The van der Waals surface area contributed by atoms with Crippen molar-refractivity contribution in [3.8, 4) is 11.5 Å². The molecule has 1 saturated heterocycles. The molecule has 1 aliphatic rings. The predicted molar refractivity (Wildman–Crippen MR) is 141 cm³/mol. The number of aryl methyl sites for hydroxylation is 1. The van der Waals surface area contributed by atoms with E-state index in [0.29, 0.717) is 35.7 Å². The molecule has 9 heteroatoms. The number of pyridine rings is 1. The monoisotopic (exact) mass is 535 g/mol. The number of hydrogen-bond acceptors (Lipinski definition) is 6. The molecule has 2 aromatic carbocycles. The topological polar surface area (TPSA) is 81.0 Å². The number of aromatic nitrogens is 1. The molecule has 1 aliphatic heterocycles. The first kappa shape index (κ1) is 26.8. The van der Waals surface area contributed by atoms with Crippen LogP contribution < -0.4 is 4.74 Å². The van der Waals surface area contributed by atoms with E-state index in [-0.39, 0.29) is 29.9 Å². The van der Waals surface area contributed by atoms with Crippen molar-refractivity contribution < 1.29 is 28.2 Å². The van der Waals surface area contributed by atoms with Crippen LogP contribution in [0.25, 0.3) is 0 Å². The Morgan fingerprint density at radius 2 is 2.00 bits per heavy atom. The van der Waals surface area contributed by atoms with Gasteiger partial charge in [-0.15, -0.1) is 0 Å². The van der Waals surface area contributed by atoms with Gasteiger partial charge < -0.3 is 0 Å². The Labute approximate surface area is 216 Å². The van der Waals surface area contributed by atoms with Gasteiger partial charge in [0, 0.05) is 0 Å². The second-order valence-corrected chi connectivity index (χ2v) is 12.1. The molecule has 6 nitrogen and oxygen atoms in total. The number of rotatable bonds is 7. The Morgan fingerprint density at radius 3 is 2.72 bits per heavy atom. The average molecular weight is 536 g/mol. The summed E-state index contributed by atoms with van der Waals surface area (Å²) in [5.74, 6) is -0.243. The molecule has 194 valence electrons. The van der Waals surface area contributed by atoms with Crippen LogP contribution in [0.5, 0.6) is 11.5 Å². The van der Waals surface area contributed by atoms with E-state index in [0.717, 1.165) is 22.4 Å². The van der Waals surface area contributed by atoms with E-state index in [9.17, 15) is 10.00 Å². The van der Waals surface area contributed by atoms with Gasteiger partial charge in [-0.1, -0.05) is 0 Å². The Bertz CT molecular complexity index is 1260. The molecule has 0 aliphatic carbocycles. The van der Waals surface area contributed by atoms with Crippen LogP contribution in [0.3, 0.4) is 0 Å². The zero-order valence-corrected chi connectivity index (χ0v) is 22.6. The summed E-state index contributed by atoms with van der Waals surface area (Å²) in [5, 5.41) is 10.6. The molecule has 3 aromatic rings. The molecule has 0 spiro atoms. The van der Waals surface area contributed by atoms with Gasteiger partial charge in [0.15, 0.2) is 0 Å². The Hall–Kier alpha value is -2.28. The van der Waals surface area contributed by atoms with E-state index in [2.05, 4.69) is 4.98 Å². The van der Waals surface area contributed by atoms with Crippen LogP contribution in [0.2, 0.25) is 5.02 Å². The number of hydrogen-bond donors (Lipinski definition) is 2. The average Bonchev–Trinajstić information content (AvgIpc) is 2.84. The van der Waals surface area contributed by atoms with Gasteiger partial charge in [-0.05, 0) is 0 Å². The summed E-state index contributed by atoms with van der Waals surface area (Å²) in [7, 11) is -3.70. The molecule has 2 heterocycles. The summed E-state index contributed by atoms with van der Waals surface area (Å²) in [6.07, 6.45) is 0.347. The summed E-state index contributed by atoms with van der Waals surface area (Å²) < 4.78 is 32.6. The Kier molecular flexibility index (Phi) is 8.18. The molecule has 0 radical (unpaired) electrons. The molecule has 0 bridgehead atoms. The van der Waals surface area contributed by atoms with Gasteiger partial charge in [-0.2, -0.15) is 0 Å². The molecule has 36 heavy (non-hydrogen) atoms. The van der Waals surface area contributed by atoms with Gasteiger partial charge in [-0.3, -0.25) is 0 Å². The third-order valence-electron chi connectivity index (χ3n) is 6.35. The molecular formula is C27H32ClFNO5P. The summed E-state index contributed by atoms with van der Waals surface area (Å²) in [4.78, 5) is 15.6. The van der Waals surface area contributed by atoms with E-state index >= 15 is 4.39 Å². The molecule has 4 rings (SSSR count). The van der Waals surface area contributed by atoms with Crippen LogP contribution >= 0.6 is 19.5 Å². The second kappa shape index (κ2) is 11.0. The first-order valence-corrected chi connectivity index (χ1v) is 14.3. The first-order valence-electron chi connectivity index (χ1n) is 12.0. The zero-order chi connectivity index (χ0) is 26.0. The van der Waals surface area contributed by atoms with Crippen molar-refractivity contribution in [3.63, 3.8) is 0 Å². The van der Waals surface area contributed by atoms with Crippen LogP contribution in [0.1, 0.15) is 65.9 Å². The molecule has 0 amide bonds. The van der Waals surface area contributed by atoms with Crippen LogP contribution in [0.4, 0.5) is 4.39 Å². The number of nitrogens with zero attached hydrogens (tertiary/aromatic N) is 1. The molecule has 0 saturated carbocycles. The fourth-order valence-electron chi connectivity index (χ4n) is 4.38. The third kappa shape index (κ3) is 5.99. The van der Waals surface area contributed by atoms with Gasteiger partial charge >= 0.3 is 217 Å². The van der Waals surface area contributed by atoms with E-state index < -0.39 is 13.8 Å². The van der Waals surface area contributed by atoms with Gasteiger partial charge in [-0.25, -0.2) is 0 Å².